The molecule has 0 radical (unpaired) electrons. The number of phenols is 1. The number of carbonyl (C=O) groups excluding carboxylic acids is 2. The minimum atomic E-state index is -3.84. The van der Waals surface area contributed by atoms with Crippen LogP contribution in [0.2, 0.25) is 0 Å². The maximum absolute atomic E-state index is 10.4. The van der Waals surface area contributed by atoms with E-state index in [4.69, 9.17) is 18.1 Å². The smallest absolute Gasteiger partial charge is 0.264 e. The number of hydrogen-bond acceptors (Lipinski definition) is 7. The summed E-state index contributed by atoms with van der Waals surface area (Å²) in [5.74, 6) is 0.501. The average molecular weight is 402 g/mol. The highest BCUT2D eigenvalue weighted by molar-refractivity contribution is 7.85. The van der Waals surface area contributed by atoms with E-state index in [1.165, 1.54) is 18.2 Å². The topological polar surface area (TPSA) is 107 Å². The van der Waals surface area contributed by atoms with E-state index in [1.54, 1.807) is 32.0 Å². The second-order valence-corrected chi connectivity index (χ2v) is 6.77. The van der Waals surface area contributed by atoms with Crippen molar-refractivity contribution >= 4 is 22.7 Å². The van der Waals surface area contributed by atoms with Crippen molar-refractivity contribution in [3.8, 4) is 11.5 Å². The van der Waals surface area contributed by atoms with Crippen LogP contribution in [0, 0.1) is 13.8 Å². The zero-order valence-electron chi connectivity index (χ0n) is 20.9. The molecule has 0 fully saturated rings. The first-order valence-corrected chi connectivity index (χ1v) is 9.09. The SMILES string of the molecule is Cc1cc(C=O)ccc1O.[2H]C([2H])([2H])OS(C)(=O)=O.[2H]C([2H])([2H])Oc1ccc(C=O)cc1C. The van der Waals surface area contributed by atoms with Gasteiger partial charge in [-0.1, -0.05) is 0 Å². The van der Waals surface area contributed by atoms with Crippen LogP contribution < -0.4 is 4.74 Å². The highest BCUT2D eigenvalue weighted by atomic mass is 32.2. The highest BCUT2D eigenvalue weighted by Crippen LogP contribution is 2.17. The second kappa shape index (κ2) is 11.8. The molecule has 0 saturated heterocycles. The fourth-order valence-electron chi connectivity index (χ4n) is 1.61. The first kappa shape index (κ1) is 15.4. The maximum Gasteiger partial charge on any atom is 0.264 e. The number of aldehydes is 2. The number of methoxy groups -OCH3 is 1. The van der Waals surface area contributed by atoms with E-state index >= 15 is 0 Å². The molecule has 8 heteroatoms. The van der Waals surface area contributed by atoms with Gasteiger partial charge >= 0.3 is 0 Å². The Morgan fingerprint density at radius 3 is 1.89 bits per heavy atom. The van der Waals surface area contributed by atoms with Crippen molar-refractivity contribution in [2.24, 2.45) is 0 Å². The van der Waals surface area contributed by atoms with E-state index in [0.717, 1.165) is 11.8 Å². The molecule has 148 valence electrons. The molecule has 0 saturated carbocycles. The predicted molar refractivity (Wildman–Crippen MR) is 103 cm³/mol. The molecule has 2 aromatic rings. The van der Waals surface area contributed by atoms with Gasteiger partial charge in [0.1, 0.15) is 24.1 Å². The van der Waals surface area contributed by atoms with Crippen LogP contribution in [0.4, 0.5) is 0 Å². The van der Waals surface area contributed by atoms with Crippen LogP contribution in [-0.2, 0) is 14.3 Å². The van der Waals surface area contributed by atoms with Gasteiger partial charge in [0, 0.05) is 11.1 Å². The van der Waals surface area contributed by atoms with E-state index in [9.17, 15) is 18.0 Å². The summed E-state index contributed by atoms with van der Waals surface area (Å²) in [4.78, 5) is 20.6. The zero-order chi connectivity index (χ0) is 26.0. The third kappa shape index (κ3) is 10.1. The van der Waals surface area contributed by atoms with E-state index < -0.39 is 24.2 Å². The number of ether oxygens (including phenoxy) is 1. The van der Waals surface area contributed by atoms with Crippen molar-refractivity contribution in [3.05, 3.63) is 58.7 Å². The maximum atomic E-state index is 10.4. The molecule has 0 aromatic heterocycles. The molecule has 0 aliphatic carbocycles. The lowest BCUT2D eigenvalue weighted by Gasteiger charge is -2.03. The monoisotopic (exact) mass is 402 g/mol. The molecular formula is C19H24O7S. The normalized spacial score (nSPS) is 14.0. The number of phenolic OH excluding ortho intramolecular Hbond substituents is 1. The van der Waals surface area contributed by atoms with Gasteiger partial charge in [-0.25, -0.2) is 0 Å². The number of carbonyl (C=O) groups is 2. The van der Waals surface area contributed by atoms with Crippen LogP contribution in [0.1, 0.15) is 40.1 Å². The standard InChI is InChI=1S/C9H10O2.C8H8O2.C2H6O3S/c1-7-5-8(6-10)3-4-9(7)11-2;1-6-4-7(5-9)2-3-8(6)10;1-5-6(2,3)4/h3-6H,1-2H3;2-5,10H,1H3;1-2H3/i2D3;;1D3. The van der Waals surface area contributed by atoms with Gasteiger partial charge in [0.15, 0.2) is 0 Å². The Morgan fingerprint density at radius 2 is 1.52 bits per heavy atom. The Labute approximate surface area is 168 Å². The quantitative estimate of drug-likeness (QED) is 0.619. The summed E-state index contributed by atoms with van der Waals surface area (Å²) in [6, 6.07) is 9.30. The highest BCUT2D eigenvalue weighted by Gasteiger charge is 1.97. The van der Waals surface area contributed by atoms with E-state index in [2.05, 4.69) is 4.18 Å². The summed E-state index contributed by atoms with van der Waals surface area (Å²) >= 11 is 0. The molecule has 0 unspecified atom stereocenters. The minimum absolute atomic E-state index is 0.227. The summed E-state index contributed by atoms with van der Waals surface area (Å²) in [6.45, 7) is 3.44. The van der Waals surface area contributed by atoms with Crippen molar-refractivity contribution in [3.63, 3.8) is 0 Å². The zero-order valence-corrected chi connectivity index (χ0v) is 15.7. The van der Waals surface area contributed by atoms with Crippen LogP contribution in [0.5, 0.6) is 11.5 Å². The van der Waals surface area contributed by atoms with Crippen molar-refractivity contribution < 1.29 is 40.3 Å². The third-order valence-electron chi connectivity index (χ3n) is 2.95. The molecule has 0 aliphatic heterocycles. The lowest BCUT2D eigenvalue weighted by Crippen LogP contribution is -1.95. The number of aryl methyl sites for hydroxylation is 2. The van der Waals surface area contributed by atoms with Gasteiger partial charge in [-0.05, 0) is 61.4 Å². The molecule has 27 heavy (non-hydrogen) atoms. The summed E-state index contributed by atoms with van der Waals surface area (Å²) in [5.41, 5.74) is 2.45. The Hall–Kier alpha value is -2.71. The Balaban J connectivity index is 0.000000482. The van der Waals surface area contributed by atoms with Crippen LogP contribution in [0.25, 0.3) is 0 Å². The Morgan fingerprint density at radius 1 is 0.963 bits per heavy atom. The number of hydrogen-bond donors (Lipinski definition) is 1. The van der Waals surface area contributed by atoms with Gasteiger partial charge in [-0.15, -0.1) is 0 Å². The van der Waals surface area contributed by atoms with Crippen LogP contribution in [0.3, 0.4) is 0 Å². The average Bonchev–Trinajstić information content (AvgIpc) is 2.62. The van der Waals surface area contributed by atoms with Crippen molar-refractivity contribution in [1.82, 2.24) is 0 Å². The number of rotatable bonds is 4. The van der Waals surface area contributed by atoms with E-state index in [0.29, 0.717) is 29.2 Å². The lowest BCUT2D eigenvalue weighted by atomic mass is 10.1. The molecule has 2 aromatic carbocycles. The van der Waals surface area contributed by atoms with Gasteiger partial charge in [0.05, 0.1) is 28.6 Å². The first-order valence-electron chi connectivity index (χ1n) is 10.3. The third-order valence-corrected chi connectivity index (χ3v) is 3.26. The molecule has 7 nitrogen and oxygen atoms in total. The van der Waals surface area contributed by atoms with Gasteiger partial charge in [-0.2, -0.15) is 8.42 Å². The van der Waals surface area contributed by atoms with Crippen molar-refractivity contribution in [2.75, 3.05) is 20.3 Å². The lowest BCUT2D eigenvalue weighted by molar-refractivity contribution is 0.111. The first-order chi connectivity index (χ1) is 14.9. The molecule has 0 aliphatic rings. The van der Waals surface area contributed by atoms with Gasteiger partial charge < -0.3 is 9.84 Å². The fraction of sp³-hybridized carbons (Fsp3) is 0.263. The van der Waals surface area contributed by atoms with E-state index in [-0.39, 0.29) is 11.5 Å². The Kier molecular flexibility index (Phi) is 6.72. The number of benzene rings is 2. The molecule has 1 N–H and O–H groups in total. The summed E-state index contributed by atoms with van der Waals surface area (Å²) in [6.07, 6.45) is 2.14. The van der Waals surface area contributed by atoms with Crippen LogP contribution in [0.15, 0.2) is 36.4 Å². The summed E-state index contributed by atoms with van der Waals surface area (Å²) < 4.78 is 68.1. The van der Waals surface area contributed by atoms with Crippen LogP contribution >= 0.6 is 0 Å². The Bertz CT molecular complexity index is 1050. The molecule has 2 rings (SSSR count). The molecule has 0 amide bonds. The predicted octanol–water partition coefficient (Wildman–Crippen LogP) is 2.92. The van der Waals surface area contributed by atoms with Gasteiger partial charge in [0.25, 0.3) is 10.1 Å². The molecule has 0 spiro atoms. The molecule has 0 heterocycles. The fourth-order valence-corrected chi connectivity index (χ4v) is 1.61. The largest absolute Gasteiger partial charge is 0.508 e. The second-order valence-electron chi connectivity index (χ2n) is 5.20. The van der Waals surface area contributed by atoms with Gasteiger partial charge in [-0.3, -0.25) is 13.8 Å². The minimum Gasteiger partial charge on any atom is -0.508 e. The van der Waals surface area contributed by atoms with Crippen molar-refractivity contribution in [1.29, 1.82) is 0 Å². The van der Waals surface area contributed by atoms with E-state index in [1.807, 2.05) is 0 Å². The summed E-state index contributed by atoms with van der Waals surface area (Å²) in [5, 5.41) is 9.02. The molecule has 0 bridgehead atoms. The van der Waals surface area contributed by atoms with Crippen LogP contribution in [-0.4, -0.2) is 46.4 Å². The number of aromatic hydroxyl groups is 1. The van der Waals surface area contributed by atoms with Crippen molar-refractivity contribution in [2.45, 2.75) is 13.8 Å². The van der Waals surface area contributed by atoms with Gasteiger partial charge in [0.2, 0.25) is 0 Å². The molecule has 0 atom stereocenters. The molecular weight excluding hydrogens is 372 g/mol. The summed E-state index contributed by atoms with van der Waals surface area (Å²) in [7, 11) is -9.15.